The highest BCUT2D eigenvalue weighted by Crippen LogP contribution is 2.24. The van der Waals surface area contributed by atoms with Crippen molar-refractivity contribution in [2.75, 3.05) is 18.5 Å². The largest absolute Gasteiger partial charge is 0.465 e. The van der Waals surface area contributed by atoms with Crippen molar-refractivity contribution in [3.8, 4) is 11.1 Å². The Morgan fingerprint density at radius 3 is 2.48 bits per heavy atom. The molecule has 1 unspecified atom stereocenters. The van der Waals surface area contributed by atoms with E-state index in [0.717, 1.165) is 16.7 Å². The topological polar surface area (TPSA) is 80.3 Å². The van der Waals surface area contributed by atoms with Crippen molar-refractivity contribution in [1.82, 2.24) is 10.3 Å². The first-order chi connectivity index (χ1) is 15.1. The van der Waals surface area contributed by atoms with Crippen LogP contribution in [0.2, 0.25) is 0 Å². The molecule has 0 aliphatic carbocycles. The van der Waals surface area contributed by atoms with Gasteiger partial charge < -0.3 is 10.1 Å². The molecule has 1 aromatic heterocycles. The number of benzene rings is 2. The molecule has 3 aromatic rings. The van der Waals surface area contributed by atoms with Crippen molar-refractivity contribution >= 4 is 17.6 Å². The molecular weight excluding hydrogens is 397 g/mol. The predicted octanol–water partition coefficient (Wildman–Crippen LogP) is 3.59. The first-order valence-corrected chi connectivity index (χ1v) is 10.0. The molecule has 7 heteroatoms. The Morgan fingerprint density at radius 1 is 1.03 bits per heavy atom. The van der Waals surface area contributed by atoms with Gasteiger partial charge in [0, 0.05) is 12.4 Å². The molecule has 0 saturated carbocycles. The van der Waals surface area contributed by atoms with Crippen LogP contribution in [0.15, 0.2) is 73.1 Å². The molecule has 0 bridgehead atoms. The maximum absolute atomic E-state index is 14.4. The second-order valence-corrected chi connectivity index (χ2v) is 6.85. The number of anilines is 1. The Bertz CT molecular complexity index is 1010. The minimum atomic E-state index is -0.754. The van der Waals surface area contributed by atoms with E-state index < -0.39 is 23.7 Å². The highest BCUT2D eigenvalue weighted by atomic mass is 19.1. The number of nitrogens with one attached hydrogen (secondary N) is 2. The number of hydrogen-bond donors (Lipinski definition) is 2. The van der Waals surface area contributed by atoms with E-state index in [1.807, 2.05) is 30.3 Å². The summed E-state index contributed by atoms with van der Waals surface area (Å²) in [5.74, 6) is -1.45. The van der Waals surface area contributed by atoms with E-state index in [4.69, 9.17) is 4.74 Å². The summed E-state index contributed by atoms with van der Waals surface area (Å²) in [5.41, 5.74) is 2.57. The number of carbonyl (C=O) groups is 2. The van der Waals surface area contributed by atoms with E-state index in [1.54, 1.807) is 43.6 Å². The van der Waals surface area contributed by atoms with Gasteiger partial charge in [0.05, 0.1) is 24.9 Å². The van der Waals surface area contributed by atoms with Crippen LogP contribution in [0.1, 0.15) is 12.5 Å². The Kier molecular flexibility index (Phi) is 7.84. The second-order valence-electron chi connectivity index (χ2n) is 6.85. The molecule has 1 amide bonds. The van der Waals surface area contributed by atoms with Gasteiger partial charge in [0.2, 0.25) is 5.91 Å². The predicted molar refractivity (Wildman–Crippen MR) is 117 cm³/mol. The lowest BCUT2D eigenvalue weighted by atomic mass is 10.0. The van der Waals surface area contributed by atoms with Gasteiger partial charge in [0.25, 0.3) is 0 Å². The average Bonchev–Trinajstić information content (AvgIpc) is 2.79. The lowest BCUT2D eigenvalue weighted by molar-refractivity contribution is -0.142. The van der Waals surface area contributed by atoms with Gasteiger partial charge in [-0.3, -0.25) is 19.9 Å². The van der Waals surface area contributed by atoms with Crippen LogP contribution in [0, 0.1) is 5.82 Å². The Morgan fingerprint density at radius 2 is 1.77 bits per heavy atom. The maximum Gasteiger partial charge on any atom is 0.319 e. The summed E-state index contributed by atoms with van der Waals surface area (Å²) in [6.07, 6.45) is 3.62. The van der Waals surface area contributed by atoms with Gasteiger partial charge in [0.1, 0.15) is 5.82 Å². The third kappa shape index (κ3) is 6.45. The molecule has 0 fully saturated rings. The lowest BCUT2D eigenvalue weighted by Crippen LogP contribution is -2.44. The third-order valence-corrected chi connectivity index (χ3v) is 4.64. The fraction of sp³-hybridized carbons (Fsp3) is 0.208. The van der Waals surface area contributed by atoms with Crippen molar-refractivity contribution in [3.63, 3.8) is 0 Å². The molecule has 2 N–H and O–H groups in total. The number of carbonyl (C=O) groups excluding carboxylic acids is 2. The van der Waals surface area contributed by atoms with Crippen LogP contribution in [-0.2, 0) is 20.7 Å². The summed E-state index contributed by atoms with van der Waals surface area (Å²) in [4.78, 5) is 28.7. The molecule has 0 saturated heterocycles. The SMILES string of the molecule is CCOC(=O)CNC(Cc1ccccc1)C(=O)Nc1cc(-c2ccncc2)ccc1F. The van der Waals surface area contributed by atoms with E-state index in [1.165, 1.54) is 6.07 Å². The quantitative estimate of drug-likeness (QED) is 0.516. The molecule has 3 rings (SSSR count). The van der Waals surface area contributed by atoms with E-state index >= 15 is 0 Å². The van der Waals surface area contributed by atoms with Gasteiger partial charge >= 0.3 is 5.97 Å². The zero-order chi connectivity index (χ0) is 22.1. The molecule has 2 aromatic carbocycles. The van der Waals surface area contributed by atoms with Crippen LogP contribution in [0.5, 0.6) is 0 Å². The van der Waals surface area contributed by atoms with Crippen molar-refractivity contribution in [3.05, 3.63) is 84.4 Å². The summed E-state index contributed by atoms with van der Waals surface area (Å²) in [7, 11) is 0. The van der Waals surface area contributed by atoms with Gasteiger partial charge in [-0.15, -0.1) is 0 Å². The number of pyridine rings is 1. The molecule has 160 valence electrons. The number of amides is 1. The van der Waals surface area contributed by atoms with Crippen LogP contribution in [0.25, 0.3) is 11.1 Å². The van der Waals surface area contributed by atoms with Crippen molar-refractivity contribution < 1.29 is 18.7 Å². The van der Waals surface area contributed by atoms with Crippen LogP contribution in [0.4, 0.5) is 10.1 Å². The first kappa shape index (κ1) is 22.1. The van der Waals surface area contributed by atoms with Gasteiger partial charge in [-0.1, -0.05) is 36.4 Å². The average molecular weight is 421 g/mol. The number of nitrogens with zero attached hydrogens (tertiary/aromatic N) is 1. The number of ether oxygens (including phenoxy) is 1. The number of hydrogen-bond acceptors (Lipinski definition) is 5. The van der Waals surface area contributed by atoms with Crippen LogP contribution in [-0.4, -0.2) is 36.1 Å². The van der Waals surface area contributed by atoms with Gasteiger partial charge in [-0.05, 0) is 54.3 Å². The van der Waals surface area contributed by atoms with E-state index in [2.05, 4.69) is 15.6 Å². The van der Waals surface area contributed by atoms with Gasteiger partial charge in [-0.2, -0.15) is 0 Å². The van der Waals surface area contributed by atoms with Gasteiger partial charge in [-0.25, -0.2) is 4.39 Å². The van der Waals surface area contributed by atoms with Crippen LogP contribution >= 0.6 is 0 Å². The monoisotopic (exact) mass is 421 g/mol. The normalized spacial score (nSPS) is 11.5. The molecule has 0 spiro atoms. The number of esters is 1. The van der Waals surface area contributed by atoms with Crippen LogP contribution in [0.3, 0.4) is 0 Å². The zero-order valence-corrected chi connectivity index (χ0v) is 17.2. The fourth-order valence-electron chi connectivity index (χ4n) is 3.09. The highest BCUT2D eigenvalue weighted by Gasteiger charge is 2.21. The molecular formula is C24H24FN3O3. The van der Waals surface area contributed by atoms with E-state index in [9.17, 15) is 14.0 Å². The highest BCUT2D eigenvalue weighted by molar-refractivity contribution is 5.96. The van der Waals surface area contributed by atoms with E-state index in [-0.39, 0.29) is 18.8 Å². The summed E-state index contributed by atoms with van der Waals surface area (Å²) >= 11 is 0. The summed E-state index contributed by atoms with van der Waals surface area (Å²) in [6.45, 7) is 1.84. The van der Waals surface area contributed by atoms with Crippen molar-refractivity contribution in [2.24, 2.45) is 0 Å². The van der Waals surface area contributed by atoms with Crippen LogP contribution < -0.4 is 10.6 Å². The number of halogens is 1. The lowest BCUT2D eigenvalue weighted by Gasteiger charge is -2.19. The molecule has 0 aliphatic rings. The summed E-state index contributed by atoms with van der Waals surface area (Å²) < 4.78 is 19.4. The fourth-order valence-corrected chi connectivity index (χ4v) is 3.09. The maximum atomic E-state index is 14.4. The molecule has 0 aliphatic heterocycles. The Labute approximate surface area is 180 Å². The zero-order valence-electron chi connectivity index (χ0n) is 17.2. The summed E-state index contributed by atoms with van der Waals surface area (Å²) in [6, 6.07) is 16.8. The summed E-state index contributed by atoms with van der Waals surface area (Å²) in [5, 5.41) is 5.57. The van der Waals surface area contributed by atoms with Gasteiger partial charge in [0.15, 0.2) is 0 Å². The number of rotatable bonds is 9. The third-order valence-electron chi connectivity index (χ3n) is 4.64. The second kappa shape index (κ2) is 11.0. The molecule has 31 heavy (non-hydrogen) atoms. The molecule has 6 nitrogen and oxygen atoms in total. The minimum Gasteiger partial charge on any atom is -0.465 e. The number of aromatic nitrogens is 1. The Balaban J connectivity index is 1.78. The van der Waals surface area contributed by atoms with E-state index in [0.29, 0.717) is 6.42 Å². The molecule has 1 heterocycles. The minimum absolute atomic E-state index is 0.0651. The molecule has 0 radical (unpaired) electrons. The van der Waals surface area contributed by atoms with Crippen molar-refractivity contribution in [1.29, 1.82) is 0 Å². The Hall–Kier alpha value is -3.58. The standard InChI is InChI=1S/C24H24FN3O3/c1-2-31-23(29)16-27-22(14-17-6-4-3-5-7-17)24(30)28-21-15-19(8-9-20(21)25)18-10-12-26-13-11-18/h3-13,15,22,27H,2,14,16H2,1H3,(H,28,30). The first-order valence-electron chi connectivity index (χ1n) is 10.0. The van der Waals surface area contributed by atoms with Crippen molar-refractivity contribution in [2.45, 2.75) is 19.4 Å². The molecule has 1 atom stereocenters. The smallest absolute Gasteiger partial charge is 0.319 e.